The van der Waals surface area contributed by atoms with Gasteiger partial charge in [0.25, 0.3) is 0 Å². The van der Waals surface area contributed by atoms with Crippen molar-refractivity contribution in [3.05, 3.63) is 108 Å². The number of hydrogen-bond acceptors (Lipinski definition) is 3. The van der Waals surface area contributed by atoms with Crippen LogP contribution >= 0.6 is 0 Å². The minimum Gasteiger partial charge on any atom is -0.396 e. The number of aliphatic hydroxyl groups is 1. The Hall–Kier alpha value is -2.46. The molecule has 0 saturated carbocycles. The number of fused-ring (bicyclic) bond motifs is 2. The highest BCUT2D eigenvalue weighted by molar-refractivity contribution is 5.33. The van der Waals surface area contributed by atoms with Crippen LogP contribution in [0.3, 0.4) is 0 Å². The molecule has 2 saturated heterocycles. The summed E-state index contributed by atoms with van der Waals surface area (Å²) in [5.74, 6) is 0.312. The average molecular weight is 413 g/mol. The van der Waals surface area contributed by atoms with Gasteiger partial charge in [0.1, 0.15) is 0 Å². The van der Waals surface area contributed by atoms with E-state index in [-0.39, 0.29) is 12.1 Å². The van der Waals surface area contributed by atoms with E-state index in [0.29, 0.717) is 18.0 Å². The van der Waals surface area contributed by atoms with Crippen LogP contribution in [0.25, 0.3) is 0 Å². The van der Waals surface area contributed by atoms with Crippen LogP contribution in [0.1, 0.15) is 36.0 Å². The lowest BCUT2D eigenvalue weighted by Crippen LogP contribution is -2.60. The Labute approximate surface area is 185 Å². The lowest BCUT2D eigenvalue weighted by molar-refractivity contribution is 0.00651. The fourth-order valence-corrected chi connectivity index (χ4v) is 6.06. The van der Waals surface area contributed by atoms with Gasteiger partial charge in [0.15, 0.2) is 0 Å². The Morgan fingerprint density at radius 2 is 1.42 bits per heavy atom. The van der Waals surface area contributed by atoms with E-state index in [1.54, 1.807) is 0 Å². The van der Waals surface area contributed by atoms with Gasteiger partial charge in [-0.2, -0.15) is 0 Å². The molecule has 160 valence electrons. The monoisotopic (exact) mass is 412 g/mol. The molecule has 2 heterocycles. The largest absolute Gasteiger partial charge is 0.396 e. The molecule has 3 aromatic carbocycles. The van der Waals surface area contributed by atoms with Gasteiger partial charge in [-0.05, 0) is 41.9 Å². The van der Waals surface area contributed by atoms with Gasteiger partial charge < -0.3 is 10.4 Å². The second-order valence-electron chi connectivity index (χ2n) is 9.11. The van der Waals surface area contributed by atoms with E-state index in [4.69, 9.17) is 0 Å². The number of aliphatic hydroxyl groups excluding tert-OH is 1. The molecule has 3 heteroatoms. The topological polar surface area (TPSA) is 35.5 Å². The van der Waals surface area contributed by atoms with Crippen molar-refractivity contribution in [1.82, 2.24) is 10.2 Å². The molecule has 0 radical (unpaired) electrons. The summed E-state index contributed by atoms with van der Waals surface area (Å²) < 4.78 is 0. The second kappa shape index (κ2) is 8.96. The summed E-state index contributed by atoms with van der Waals surface area (Å²) >= 11 is 0. The summed E-state index contributed by atoms with van der Waals surface area (Å²) in [7, 11) is 0. The quantitative estimate of drug-likeness (QED) is 0.590. The summed E-state index contributed by atoms with van der Waals surface area (Å²) in [5, 5.41) is 14.2. The third-order valence-corrected chi connectivity index (χ3v) is 7.46. The maximum absolute atomic E-state index is 10.3. The van der Waals surface area contributed by atoms with Crippen LogP contribution in [-0.2, 0) is 18.6 Å². The van der Waals surface area contributed by atoms with Crippen LogP contribution in [-0.4, -0.2) is 28.7 Å². The molecule has 2 N–H and O–H groups in total. The third-order valence-electron chi connectivity index (χ3n) is 7.46. The summed E-state index contributed by atoms with van der Waals surface area (Å²) in [6.07, 6.45) is 3.25. The van der Waals surface area contributed by atoms with E-state index in [2.05, 4.69) is 101 Å². The molecule has 2 fully saturated rings. The van der Waals surface area contributed by atoms with Gasteiger partial charge in [-0.15, -0.1) is 0 Å². The molecule has 0 aromatic heterocycles. The molecule has 3 aromatic rings. The number of benzene rings is 3. The van der Waals surface area contributed by atoms with Crippen molar-refractivity contribution < 1.29 is 5.11 Å². The second-order valence-corrected chi connectivity index (χ2v) is 9.11. The SMILES string of the molecule is OC[C@@H]1C[C@]2(c3ccccc3)[C@H](NCc3ccccc3)CCC1N2Cc1ccccc1. The zero-order valence-electron chi connectivity index (χ0n) is 18.0. The number of nitrogens with one attached hydrogen (secondary N) is 1. The van der Waals surface area contributed by atoms with Gasteiger partial charge in [0, 0.05) is 31.8 Å². The van der Waals surface area contributed by atoms with Crippen LogP contribution in [0.4, 0.5) is 0 Å². The smallest absolute Gasteiger partial charge is 0.0624 e. The number of nitrogens with zero attached hydrogens (tertiary/aromatic N) is 1. The number of piperidine rings is 1. The Morgan fingerprint density at radius 1 is 0.806 bits per heavy atom. The molecular formula is C28H32N2O. The Kier molecular flexibility index (Phi) is 5.91. The first-order valence-electron chi connectivity index (χ1n) is 11.6. The highest BCUT2D eigenvalue weighted by Gasteiger charge is 2.58. The van der Waals surface area contributed by atoms with Gasteiger partial charge >= 0.3 is 0 Å². The van der Waals surface area contributed by atoms with Crippen molar-refractivity contribution >= 4 is 0 Å². The lowest BCUT2D eigenvalue weighted by atomic mass is 9.76. The van der Waals surface area contributed by atoms with Crippen molar-refractivity contribution in [2.45, 2.75) is 50.0 Å². The predicted octanol–water partition coefficient (Wildman–Crippen LogP) is 4.72. The molecule has 0 aliphatic carbocycles. The summed E-state index contributed by atoms with van der Waals surface area (Å²) in [6.45, 7) is 2.05. The summed E-state index contributed by atoms with van der Waals surface area (Å²) in [6, 6.07) is 33.3. The Morgan fingerprint density at radius 3 is 2.06 bits per heavy atom. The first-order valence-corrected chi connectivity index (χ1v) is 11.6. The van der Waals surface area contributed by atoms with Crippen molar-refractivity contribution in [1.29, 1.82) is 0 Å². The molecule has 1 unspecified atom stereocenters. The van der Waals surface area contributed by atoms with Gasteiger partial charge in [-0.25, -0.2) is 0 Å². The molecule has 31 heavy (non-hydrogen) atoms. The van der Waals surface area contributed by atoms with Gasteiger partial charge in [-0.1, -0.05) is 91.0 Å². The van der Waals surface area contributed by atoms with Crippen molar-refractivity contribution in [2.75, 3.05) is 6.61 Å². The van der Waals surface area contributed by atoms with Crippen molar-refractivity contribution in [2.24, 2.45) is 5.92 Å². The Balaban J connectivity index is 1.53. The van der Waals surface area contributed by atoms with Crippen LogP contribution in [0, 0.1) is 5.92 Å². The minimum absolute atomic E-state index is 0.109. The Bertz CT molecular complexity index is 962. The highest BCUT2D eigenvalue weighted by atomic mass is 16.3. The molecule has 5 rings (SSSR count). The first-order chi connectivity index (χ1) is 15.3. The molecule has 2 bridgehead atoms. The van der Waals surface area contributed by atoms with Crippen molar-refractivity contribution in [3.63, 3.8) is 0 Å². The van der Waals surface area contributed by atoms with Crippen LogP contribution in [0.15, 0.2) is 91.0 Å². The molecular weight excluding hydrogens is 380 g/mol. The number of hydrogen-bond donors (Lipinski definition) is 2. The highest BCUT2D eigenvalue weighted by Crippen LogP contribution is 2.53. The molecule has 0 spiro atoms. The molecule has 4 atom stereocenters. The van der Waals surface area contributed by atoms with Gasteiger partial charge in [0.2, 0.25) is 0 Å². The fourth-order valence-electron chi connectivity index (χ4n) is 6.06. The van der Waals surface area contributed by atoms with E-state index < -0.39 is 0 Å². The predicted molar refractivity (Wildman–Crippen MR) is 125 cm³/mol. The standard InChI is InChI=1S/C28H32N2O/c31-21-24-18-28(25-14-8-3-9-15-25)27(29-19-22-10-4-1-5-11-22)17-16-26(24)30(28)20-23-12-6-2-7-13-23/h1-15,24,26-27,29,31H,16-21H2/t24-,26?,27+,28-/m0/s1. The zero-order valence-corrected chi connectivity index (χ0v) is 18.0. The van der Waals surface area contributed by atoms with Gasteiger partial charge in [-0.3, -0.25) is 4.90 Å². The van der Waals surface area contributed by atoms with Crippen molar-refractivity contribution in [3.8, 4) is 0 Å². The molecule has 2 aliphatic heterocycles. The first kappa shape index (κ1) is 20.4. The summed E-state index contributed by atoms with van der Waals surface area (Å²) in [5.41, 5.74) is 3.92. The van der Waals surface area contributed by atoms with E-state index in [1.165, 1.54) is 16.7 Å². The zero-order chi connectivity index (χ0) is 21.1. The average Bonchev–Trinajstić information content (AvgIpc) is 3.04. The molecule has 2 aliphatic rings. The normalized spacial score (nSPS) is 28.0. The van der Waals surface area contributed by atoms with Crippen LogP contribution in [0.5, 0.6) is 0 Å². The third kappa shape index (κ3) is 3.82. The molecule has 0 amide bonds. The van der Waals surface area contributed by atoms with E-state index >= 15 is 0 Å². The molecule has 3 nitrogen and oxygen atoms in total. The van der Waals surface area contributed by atoms with E-state index in [9.17, 15) is 5.11 Å². The number of rotatable bonds is 7. The minimum atomic E-state index is -0.109. The maximum Gasteiger partial charge on any atom is 0.0624 e. The fraction of sp³-hybridized carbons (Fsp3) is 0.357. The van der Waals surface area contributed by atoms with Crippen LogP contribution in [0.2, 0.25) is 0 Å². The lowest BCUT2D eigenvalue weighted by Gasteiger charge is -2.51. The summed E-state index contributed by atoms with van der Waals surface area (Å²) in [4.78, 5) is 2.71. The van der Waals surface area contributed by atoms with Crippen LogP contribution < -0.4 is 5.32 Å². The maximum atomic E-state index is 10.3. The van der Waals surface area contributed by atoms with Gasteiger partial charge in [0.05, 0.1) is 5.54 Å². The van der Waals surface area contributed by atoms with E-state index in [1.807, 2.05) is 0 Å². The van der Waals surface area contributed by atoms with E-state index in [0.717, 1.165) is 32.4 Å².